The summed E-state index contributed by atoms with van der Waals surface area (Å²) in [4.78, 5) is 0. The molecule has 1 N–H and O–H groups in total. The number of aromatic nitrogens is 1. The van der Waals surface area contributed by atoms with E-state index in [0.717, 1.165) is 24.2 Å². The van der Waals surface area contributed by atoms with E-state index in [1.807, 2.05) is 18.2 Å². The van der Waals surface area contributed by atoms with E-state index in [-0.39, 0.29) is 0 Å². The lowest BCUT2D eigenvalue weighted by Crippen LogP contribution is -2.14. The van der Waals surface area contributed by atoms with Crippen molar-refractivity contribution in [3.05, 3.63) is 71.4 Å². The van der Waals surface area contributed by atoms with Crippen molar-refractivity contribution in [1.29, 1.82) is 5.26 Å². The fourth-order valence-electron chi connectivity index (χ4n) is 3.07. The Morgan fingerprint density at radius 2 is 2.00 bits per heavy atom. The first kappa shape index (κ1) is 14.0. The number of nitrogens with zero attached hydrogens (tertiary/aromatic N) is 2. The van der Waals surface area contributed by atoms with Crippen LogP contribution in [-0.4, -0.2) is 10.6 Å². The summed E-state index contributed by atoms with van der Waals surface area (Å²) in [6.45, 7) is 1.72. The maximum Gasteiger partial charge on any atom is 0.0991 e. The lowest BCUT2D eigenvalue weighted by atomic mass is 10.1. The van der Waals surface area contributed by atoms with Gasteiger partial charge in [0.05, 0.1) is 11.6 Å². The lowest BCUT2D eigenvalue weighted by Gasteiger charge is -2.06. The van der Waals surface area contributed by atoms with Crippen molar-refractivity contribution >= 4 is 10.9 Å². The van der Waals surface area contributed by atoms with Crippen molar-refractivity contribution in [2.24, 2.45) is 0 Å². The van der Waals surface area contributed by atoms with Crippen LogP contribution in [0.1, 0.15) is 29.5 Å². The maximum atomic E-state index is 9.07. The minimum atomic E-state index is 0.712. The summed E-state index contributed by atoms with van der Waals surface area (Å²) in [5.74, 6) is 0. The molecule has 1 aliphatic rings. The quantitative estimate of drug-likeness (QED) is 0.778. The third-order valence-electron chi connectivity index (χ3n) is 4.44. The second-order valence-corrected chi connectivity index (χ2v) is 6.27. The van der Waals surface area contributed by atoms with Crippen molar-refractivity contribution in [1.82, 2.24) is 9.88 Å². The Morgan fingerprint density at radius 1 is 1.13 bits per heavy atom. The summed E-state index contributed by atoms with van der Waals surface area (Å²) < 4.78 is 2.29. The fraction of sp³-hybridized carbons (Fsp3) is 0.250. The highest BCUT2D eigenvalue weighted by molar-refractivity contribution is 5.84. The van der Waals surface area contributed by atoms with Gasteiger partial charge in [-0.05, 0) is 42.2 Å². The number of benzene rings is 2. The van der Waals surface area contributed by atoms with Gasteiger partial charge in [0.25, 0.3) is 0 Å². The molecule has 1 heterocycles. The van der Waals surface area contributed by atoms with Crippen LogP contribution in [0.2, 0.25) is 0 Å². The van der Waals surface area contributed by atoms with E-state index in [4.69, 9.17) is 5.26 Å². The highest BCUT2D eigenvalue weighted by Crippen LogP contribution is 2.25. The fourth-order valence-corrected chi connectivity index (χ4v) is 3.07. The summed E-state index contributed by atoms with van der Waals surface area (Å²) in [6.07, 6.45) is 4.86. The maximum absolute atomic E-state index is 9.07. The predicted octanol–water partition coefficient (Wildman–Crippen LogP) is 3.81. The Hall–Kier alpha value is -2.57. The van der Waals surface area contributed by atoms with Crippen molar-refractivity contribution in [2.45, 2.75) is 32.0 Å². The molecule has 0 spiro atoms. The molecule has 3 nitrogen and oxygen atoms in total. The standard InChI is InChI=1S/C20H19N3/c21-11-15-4-3-5-16(10-15)13-23-14-17(12-22-18-8-9-18)19-6-1-2-7-20(19)23/h1-7,10,14,18,22H,8-9,12-13H2. The number of fused-ring (bicyclic) bond motifs is 1. The number of hydrogen-bond donors (Lipinski definition) is 1. The van der Waals surface area contributed by atoms with E-state index in [0.29, 0.717) is 6.04 Å². The molecule has 1 fully saturated rings. The van der Waals surface area contributed by atoms with Gasteiger partial charge in [0.2, 0.25) is 0 Å². The van der Waals surface area contributed by atoms with Gasteiger partial charge in [-0.15, -0.1) is 0 Å². The first-order chi connectivity index (χ1) is 11.3. The molecule has 0 atom stereocenters. The molecule has 1 saturated carbocycles. The summed E-state index contributed by atoms with van der Waals surface area (Å²) in [5, 5.41) is 14.0. The van der Waals surface area contributed by atoms with Crippen LogP contribution in [0.25, 0.3) is 10.9 Å². The molecule has 3 aromatic rings. The molecule has 1 aromatic heterocycles. The molecule has 0 radical (unpaired) electrons. The first-order valence-corrected chi connectivity index (χ1v) is 8.12. The molecule has 2 aromatic carbocycles. The third-order valence-corrected chi connectivity index (χ3v) is 4.44. The predicted molar refractivity (Wildman–Crippen MR) is 92.1 cm³/mol. The molecular formula is C20H19N3. The van der Waals surface area contributed by atoms with Crippen LogP contribution in [0.4, 0.5) is 0 Å². The van der Waals surface area contributed by atoms with Gasteiger partial charge in [0.15, 0.2) is 0 Å². The monoisotopic (exact) mass is 301 g/mol. The molecule has 0 bridgehead atoms. The number of nitriles is 1. The van der Waals surface area contributed by atoms with E-state index in [1.54, 1.807) is 0 Å². The van der Waals surface area contributed by atoms with Crippen LogP contribution in [0.3, 0.4) is 0 Å². The van der Waals surface area contributed by atoms with Crippen LogP contribution >= 0.6 is 0 Å². The summed E-state index contributed by atoms with van der Waals surface area (Å²) in [6, 6.07) is 19.3. The van der Waals surface area contributed by atoms with Gasteiger partial charge in [-0.2, -0.15) is 5.26 Å². The third kappa shape index (κ3) is 2.99. The first-order valence-electron chi connectivity index (χ1n) is 8.12. The Labute approximate surface area is 136 Å². The molecule has 3 heteroatoms. The summed E-state index contributed by atoms with van der Waals surface area (Å²) >= 11 is 0. The van der Waals surface area contributed by atoms with E-state index in [9.17, 15) is 0 Å². The van der Waals surface area contributed by atoms with Crippen LogP contribution in [-0.2, 0) is 13.1 Å². The Kier molecular flexibility index (Phi) is 3.61. The average Bonchev–Trinajstić information content (AvgIpc) is 3.36. The van der Waals surface area contributed by atoms with Gasteiger partial charge in [-0.1, -0.05) is 30.3 Å². The Bertz CT molecular complexity index is 881. The molecule has 0 unspecified atom stereocenters. The minimum Gasteiger partial charge on any atom is -0.343 e. The zero-order valence-electron chi connectivity index (χ0n) is 13.0. The molecule has 0 saturated heterocycles. The minimum absolute atomic E-state index is 0.712. The number of hydrogen-bond acceptors (Lipinski definition) is 2. The molecule has 4 rings (SSSR count). The SMILES string of the molecule is N#Cc1cccc(Cn2cc(CNC3CC3)c3ccccc32)c1. The van der Waals surface area contributed by atoms with Crippen LogP contribution in [0.15, 0.2) is 54.7 Å². The van der Waals surface area contributed by atoms with Crippen molar-refractivity contribution in [3.63, 3.8) is 0 Å². The topological polar surface area (TPSA) is 40.8 Å². The van der Waals surface area contributed by atoms with E-state index in [1.165, 1.54) is 29.3 Å². The molecule has 1 aliphatic carbocycles. The largest absolute Gasteiger partial charge is 0.343 e. The zero-order chi connectivity index (χ0) is 15.6. The van der Waals surface area contributed by atoms with Crippen molar-refractivity contribution < 1.29 is 0 Å². The molecule has 0 amide bonds. The smallest absolute Gasteiger partial charge is 0.0991 e. The van der Waals surface area contributed by atoms with Gasteiger partial charge < -0.3 is 9.88 Å². The van der Waals surface area contributed by atoms with Gasteiger partial charge in [-0.25, -0.2) is 0 Å². The normalized spacial score (nSPS) is 14.0. The second-order valence-electron chi connectivity index (χ2n) is 6.27. The average molecular weight is 301 g/mol. The Morgan fingerprint density at radius 3 is 2.83 bits per heavy atom. The Balaban J connectivity index is 1.66. The molecule has 0 aliphatic heterocycles. The van der Waals surface area contributed by atoms with E-state index in [2.05, 4.69) is 52.5 Å². The zero-order valence-corrected chi connectivity index (χ0v) is 13.0. The number of nitrogens with one attached hydrogen (secondary N) is 1. The van der Waals surface area contributed by atoms with Gasteiger partial charge >= 0.3 is 0 Å². The van der Waals surface area contributed by atoms with Gasteiger partial charge in [-0.3, -0.25) is 0 Å². The summed E-state index contributed by atoms with van der Waals surface area (Å²) in [5.41, 5.74) is 4.48. The van der Waals surface area contributed by atoms with E-state index < -0.39 is 0 Å². The van der Waals surface area contributed by atoms with Crippen LogP contribution in [0.5, 0.6) is 0 Å². The number of rotatable bonds is 5. The molecule has 114 valence electrons. The summed E-state index contributed by atoms with van der Waals surface area (Å²) in [7, 11) is 0. The van der Waals surface area contributed by atoms with Gasteiger partial charge in [0.1, 0.15) is 0 Å². The highest BCUT2D eigenvalue weighted by atomic mass is 15.0. The van der Waals surface area contributed by atoms with Crippen molar-refractivity contribution in [3.8, 4) is 6.07 Å². The van der Waals surface area contributed by atoms with Crippen LogP contribution < -0.4 is 5.32 Å². The van der Waals surface area contributed by atoms with E-state index >= 15 is 0 Å². The molecular weight excluding hydrogens is 282 g/mol. The second kappa shape index (κ2) is 5.91. The van der Waals surface area contributed by atoms with Crippen molar-refractivity contribution in [2.75, 3.05) is 0 Å². The number of para-hydroxylation sites is 1. The molecule has 23 heavy (non-hydrogen) atoms. The highest BCUT2D eigenvalue weighted by Gasteiger charge is 2.20. The van der Waals surface area contributed by atoms with Crippen LogP contribution in [0, 0.1) is 11.3 Å². The van der Waals surface area contributed by atoms with Gasteiger partial charge in [0, 0.05) is 36.2 Å². The lowest BCUT2D eigenvalue weighted by molar-refractivity contribution is 0.687.